The third kappa shape index (κ3) is 1.94. The number of benzene rings is 2. The molecular weight excluding hydrogens is 184 g/mol. The lowest BCUT2D eigenvalue weighted by Gasteiger charge is -2.03. The molecule has 2 aromatic rings. The first-order valence-corrected chi connectivity index (χ1v) is 4.83. The first-order valence-electron chi connectivity index (χ1n) is 4.83. The van der Waals surface area contributed by atoms with Crippen molar-refractivity contribution in [1.29, 1.82) is 0 Å². The highest BCUT2D eigenvalue weighted by Crippen LogP contribution is 2.21. The Labute approximate surface area is 89.7 Å². The van der Waals surface area contributed by atoms with E-state index in [4.69, 9.17) is 11.2 Å². The van der Waals surface area contributed by atoms with E-state index >= 15 is 0 Å². The van der Waals surface area contributed by atoms with Gasteiger partial charge in [0, 0.05) is 6.42 Å². The van der Waals surface area contributed by atoms with Crippen LogP contribution in [0.3, 0.4) is 0 Å². The fourth-order valence-electron chi connectivity index (χ4n) is 1.63. The molecule has 0 saturated heterocycles. The lowest BCUT2D eigenvalue weighted by Crippen LogP contribution is -1.84. The zero-order chi connectivity index (χ0) is 10.7. The molecule has 0 fully saturated rings. The fraction of sp³-hybridized carbons (Fsp3) is 0.143. The van der Waals surface area contributed by atoms with E-state index in [1.54, 1.807) is 7.11 Å². The van der Waals surface area contributed by atoms with Gasteiger partial charge in [0.05, 0.1) is 7.11 Å². The van der Waals surface area contributed by atoms with Crippen molar-refractivity contribution < 1.29 is 4.74 Å². The highest BCUT2D eigenvalue weighted by Gasteiger charge is 1.97. The number of hydrogen-bond acceptors (Lipinski definition) is 1. The maximum atomic E-state index is 5.28. The van der Waals surface area contributed by atoms with Crippen LogP contribution in [0.4, 0.5) is 0 Å². The van der Waals surface area contributed by atoms with Gasteiger partial charge in [-0.3, -0.25) is 0 Å². The van der Waals surface area contributed by atoms with Crippen molar-refractivity contribution in [3.63, 3.8) is 0 Å². The average molecular weight is 196 g/mol. The molecule has 0 aliphatic rings. The predicted molar refractivity (Wildman–Crippen MR) is 63.0 cm³/mol. The summed E-state index contributed by atoms with van der Waals surface area (Å²) < 4.78 is 5.17. The Morgan fingerprint density at radius 2 is 1.87 bits per heavy atom. The van der Waals surface area contributed by atoms with Crippen LogP contribution in [0.2, 0.25) is 0 Å². The third-order valence-corrected chi connectivity index (χ3v) is 2.42. The number of hydrogen-bond donors (Lipinski definition) is 0. The molecule has 0 heterocycles. The minimum absolute atomic E-state index is 0.683. The normalized spacial score (nSPS) is 9.87. The van der Waals surface area contributed by atoms with Crippen LogP contribution in [-0.4, -0.2) is 7.11 Å². The Morgan fingerprint density at radius 3 is 2.60 bits per heavy atom. The summed E-state index contributed by atoms with van der Waals surface area (Å²) in [6.45, 7) is 0. The van der Waals surface area contributed by atoms with E-state index in [2.05, 4.69) is 24.1 Å². The largest absolute Gasteiger partial charge is 0.497 e. The van der Waals surface area contributed by atoms with Gasteiger partial charge in [0.1, 0.15) is 5.75 Å². The highest BCUT2D eigenvalue weighted by atomic mass is 16.5. The Balaban J connectivity index is 2.51. The SMILES string of the molecule is C#CCc1ccc2cc(OC)ccc2c1. The summed E-state index contributed by atoms with van der Waals surface area (Å²) >= 11 is 0. The molecule has 0 bridgehead atoms. The van der Waals surface area contributed by atoms with Crippen molar-refractivity contribution in [3.8, 4) is 18.1 Å². The number of rotatable bonds is 2. The molecular formula is C14H12O. The van der Waals surface area contributed by atoms with Crippen LogP contribution in [0.15, 0.2) is 36.4 Å². The lowest BCUT2D eigenvalue weighted by molar-refractivity contribution is 0.415. The van der Waals surface area contributed by atoms with Gasteiger partial charge in [-0.1, -0.05) is 24.3 Å². The van der Waals surface area contributed by atoms with E-state index in [1.165, 1.54) is 16.3 Å². The molecule has 0 amide bonds. The van der Waals surface area contributed by atoms with Crippen molar-refractivity contribution in [1.82, 2.24) is 0 Å². The molecule has 0 N–H and O–H groups in total. The predicted octanol–water partition coefficient (Wildman–Crippen LogP) is 3.02. The molecule has 74 valence electrons. The van der Waals surface area contributed by atoms with Gasteiger partial charge in [-0.2, -0.15) is 0 Å². The lowest BCUT2D eigenvalue weighted by atomic mass is 10.1. The van der Waals surface area contributed by atoms with Gasteiger partial charge in [0.15, 0.2) is 0 Å². The summed E-state index contributed by atoms with van der Waals surface area (Å²) in [6, 6.07) is 12.3. The Kier molecular flexibility index (Phi) is 2.60. The van der Waals surface area contributed by atoms with Crippen molar-refractivity contribution in [2.75, 3.05) is 7.11 Å². The van der Waals surface area contributed by atoms with Crippen molar-refractivity contribution in [3.05, 3.63) is 42.0 Å². The van der Waals surface area contributed by atoms with E-state index in [-0.39, 0.29) is 0 Å². The average Bonchev–Trinajstić information content (AvgIpc) is 2.29. The second kappa shape index (κ2) is 4.06. The Bertz CT molecular complexity index is 520. The van der Waals surface area contributed by atoms with Crippen LogP contribution in [0.1, 0.15) is 5.56 Å². The summed E-state index contributed by atoms with van der Waals surface area (Å²) in [5.74, 6) is 3.53. The minimum atomic E-state index is 0.683. The molecule has 0 atom stereocenters. The van der Waals surface area contributed by atoms with Gasteiger partial charge in [-0.15, -0.1) is 12.3 Å². The zero-order valence-corrected chi connectivity index (χ0v) is 8.66. The van der Waals surface area contributed by atoms with Gasteiger partial charge in [0.2, 0.25) is 0 Å². The maximum Gasteiger partial charge on any atom is 0.119 e. The third-order valence-electron chi connectivity index (χ3n) is 2.42. The van der Waals surface area contributed by atoms with E-state index in [1.807, 2.05) is 18.2 Å². The van der Waals surface area contributed by atoms with Gasteiger partial charge >= 0.3 is 0 Å². The zero-order valence-electron chi connectivity index (χ0n) is 8.66. The fourth-order valence-corrected chi connectivity index (χ4v) is 1.63. The number of terminal acetylenes is 1. The van der Waals surface area contributed by atoms with Gasteiger partial charge < -0.3 is 4.74 Å². The first-order chi connectivity index (χ1) is 7.33. The molecule has 2 aromatic carbocycles. The summed E-state index contributed by atoms with van der Waals surface area (Å²) in [6.07, 6.45) is 5.96. The molecule has 1 heteroatoms. The van der Waals surface area contributed by atoms with Crippen LogP contribution in [-0.2, 0) is 6.42 Å². The minimum Gasteiger partial charge on any atom is -0.497 e. The summed E-state index contributed by atoms with van der Waals surface area (Å²) in [4.78, 5) is 0. The van der Waals surface area contributed by atoms with E-state index < -0.39 is 0 Å². The topological polar surface area (TPSA) is 9.23 Å². The summed E-state index contributed by atoms with van der Waals surface area (Å²) in [5, 5.41) is 2.37. The second-order valence-corrected chi connectivity index (χ2v) is 3.43. The molecule has 0 aromatic heterocycles. The summed E-state index contributed by atoms with van der Waals surface area (Å²) in [5.41, 5.74) is 1.18. The Hall–Kier alpha value is -1.94. The van der Waals surface area contributed by atoms with Crippen molar-refractivity contribution >= 4 is 10.8 Å². The maximum absolute atomic E-state index is 5.28. The molecule has 0 aliphatic carbocycles. The number of ether oxygens (including phenoxy) is 1. The van der Waals surface area contributed by atoms with E-state index in [9.17, 15) is 0 Å². The molecule has 0 radical (unpaired) electrons. The number of fused-ring (bicyclic) bond motifs is 1. The van der Waals surface area contributed by atoms with Gasteiger partial charge in [-0.05, 0) is 28.5 Å². The molecule has 2 rings (SSSR count). The monoisotopic (exact) mass is 196 g/mol. The van der Waals surface area contributed by atoms with Crippen LogP contribution in [0.25, 0.3) is 10.8 Å². The molecule has 0 spiro atoms. The molecule has 1 nitrogen and oxygen atoms in total. The molecule has 0 saturated carbocycles. The van der Waals surface area contributed by atoms with Crippen molar-refractivity contribution in [2.45, 2.75) is 6.42 Å². The number of methoxy groups -OCH3 is 1. The second-order valence-electron chi connectivity index (χ2n) is 3.43. The molecule has 15 heavy (non-hydrogen) atoms. The van der Waals surface area contributed by atoms with Crippen LogP contribution < -0.4 is 4.74 Å². The standard InChI is InChI=1S/C14H12O/c1-3-4-11-5-6-13-10-14(15-2)8-7-12(13)9-11/h1,5-10H,4H2,2H3. The van der Waals surface area contributed by atoms with Crippen LogP contribution in [0.5, 0.6) is 5.75 Å². The Morgan fingerprint density at radius 1 is 1.13 bits per heavy atom. The highest BCUT2D eigenvalue weighted by molar-refractivity contribution is 5.84. The van der Waals surface area contributed by atoms with E-state index in [0.717, 1.165) is 5.75 Å². The molecule has 0 unspecified atom stereocenters. The van der Waals surface area contributed by atoms with E-state index in [0.29, 0.717) is 6.42 Å². The van der Waals surface area contributed by atoms with Crippen LogP contribution >= 0.6 is 0 Å². The van der Waals surface area contributed by atoms with Gasteiger partial charge in [-0.25, -0.2) is 0 Å². The summed E-state index contributed by atoms with van der Waals surface area (Å²) in [7, 11) is 1.67. The van der Waals surface area contributed by atoms with Gasteiger partial charge in [0.25, 0.3) is 0 Å². The molecule has 0 aliphatic heterocycles. The van der Waals surface area contributed by atoms with Crippen molar-refractivity contribution in [2.24, 2.45) is 0 Å². The smallest absolute Gasteiger partial charge is 0.119 e. The first kappa shape index (κ1) is 9.61. The van der Waals surface area contributed by atoms with Crippen LogP contribution in [0, 0.1) is 12.3 Å². The quantitative estimate of drug-likeness (QED) is 0.671.